The van der Waals surface area contributed by atoms with Crippen LogP contribution in [-0.2, 0) is 19.3 Å². The Balaban J connectivity index is 1.41. The number of rotatable bonds is 6. The van der Waals surface area contributed by atoms with Crippen LogP contribution in [0.5, 0.6) is 0 Å². The summed E-state index contributed by atoms with van der Waals surface area (Å²) in [4.78, 5) is 24.6. The molecule has 6 heteroatoms. The minimum absolute atomic E-state index is 0.0734. The average molecular weight is 446 g/mol. The Hall–Kier alpha value is -3.28. The Labute approximate surface area is 192 Å². The van der Waals surface area contributed by atoms with Gasteiger partial charge in [-0.25, -0.2) is 9.49 Å². The molecule has 5 rings (SSSR count). The second-order valence-corrected chi connectivity index (χ2v) is 9.34. The van der Waals surface area contributed by atoms with E-state index in [0.29, 0.717) is 23.1 Å². The first-order valence-corrected chi connectivity index (χ1v) is 11.8. The zero-order valence-corrected chi connectivity index (χ0v) is 18.8. The molecule has 1 aromatic heterocycles. The predicted octanol–water partition coefficient (Wildman–Crippen LogP) is 4.69. The van der Waals surface area contributed by atoms with Crippen LogP contribution in [0.3, 0.4) is 0 Å². The zero-order valence-electron chi connectivity index (χ0n) is 18.8. The molecule has 0 saturated heterocycles. The number of nitrogens with zero attached hydrogens (tertiary/aromatic N) is 1. The van der Waals surface area contributed by atoms with Gasteiger partial charge in [-0.2, -0.15) is 5.10 Å². The molecule has 33 heavy (non-hydrogen) atoms. The van der Waals surface area contributed by atoms with E-state index in [0.717, 1.165) is 60.9 Å². The number of halogens is 1. The highest BCUT2D eigenvalue weighted by atomic mass is 19.1. The Morgan fingerprint density at radius 1 is 1.15 bits per heavy atom. The van der Waals surface area contributed by atoms with E-state index in [9.17, 15) is 14.0 Å². The smallest absolute Gasteiger partial charge is 0.267 e. The van der Waals surface area contributed by atoms with Crippen molar-refractivity contribution in [2.75, 3.05) is 0 Å². The molecule has 1 unspecified atom stereocenters. The van der Waals surface area contributed by atoms with Crippen LogP contribution in [0.4, 0.5) is 4.39 Å². The van der Waals surface area contributed by atoms with Crippen LogP contribution >= 0.6 is 0 Å². The topological polar surface area (TPSA) is 74.8 Å². The molecule has 0 radical (unpaired) electrons. The molecule has 1 fully saturated rings. The Kier molecular flexibility index (Phi) is 5.83. The summed E-state index contributed by atoms with van der Waals surface area (Å²) in [6.07, 6.45) is 6.52. The molecule has 1 amide bonds. The maximum atomic E-state index is 14.8. The first-order chi connectivity index (χ1) is 16.0. The fraction of sp³-hybridized carbons (Fsp3) is 0.370. The van der Waals surface area contributed by atoms with E-state index >= 15 is 0 Å². The van der Waals surface area contributed by atoms with Gasteiger partial charge in [0, 0.05) is 22.7 Å². The number of hydrogen-bond donors (Lipinski definition) is 2. The summed E-state index contributed by atoms with van der Waals surface area (Å²) in [5, 5.41) is 10.0. The summed E-state index contributed by atoms with van der Waals surface area (Å²) in [6.45, 7) is 2.10. The second kappa shape index (κ2) is 8.93. The van der Waals surface area contributed by atoms with Gasteiger partial charge in [-0.3, -0.25) is 9.59 Å². The summed E-state index contributed by atoms with van der Waals surface area (Å²) in [7, 11) is 0. The molecule has 0 spiro atoms. The molecule has 1 saturated carbocycles. The molecule has 3 aromatic rings. The summed E-state index contributed by atoms with van der Waals surface area (Å²) in [5.74, 6) is -0.335. The van der Waals surface area contributed by atoms with Gasteiger partial charge in [0.1, 0.15) is 5.82 Å². The molecule has 1 heterocycles. The number of carbonyl (C=O) groups excluding carboxylic acids is 1. The molecule has 170 valence electrons. The number of benzene rings is 2. The van der Waals surface area contributed by atoms with Crippen LogP contribution < -0.4 is 10.9 Å². The lowest BCUT2D eigenvalue weighted by atomic mass is 9.87. The van der Waals surface area contributed by atoms with E-state index in [1.807, 2.05) is 18.2 Å². The third kappa shape index (κ3) is 4.61. The SMILES string of the molecule is CC(Cc1n[nH]c(=O)c2c1CCCC2)c1ccc(F)c(-c2cccc(C(=O)NC3CC3)c2)c1. The predicted molar refractivity (Wildman–Crippen MR) is 126 cm³/mol. The first-order valence-electron chi connectivity index (χ1n) is 11.8. The lowest BCUT2D eigenvalue weighted by molar-refractivity contribution is 0.0951. The molecule has 0 aliphatic heterocycles. The van der Waals surface area contributed by atoms with Gasteiger partial charge in [-0.15, -0.1) is 0 Å². The Morgan fingerprint density at radius 2 is 1.94 bits per heavy atom. The van der Waals surface area contributed by atoms with Gasteiger partial charge in [0.05, 0.1) is 5.69 Å². The third-order valence-corrected chi connectivity index (χ3v) is 6.79. The maximum absolute atomic E-state index is 14.8. The third-order valence-electron chi connectivity index (χ3n) is 6.79. The van der Waals surface area contributed by atoms with Crippen molar-refractivity contribution in [3.63, 3.8) is 0 Å². The van der Waals surface area contributed by atoms with Gasteiger partial charge in [0.25, 0.3) is 11.5 Å². The van der Waals surface area contributed by atoms with Gasteiger partial charge in [0.15, 0.2) is 0 Å². The number of aromatic amines is 1. The maximum Gasteiger partial charge on any atom is 0.267 e. The Morgan fingerprint density at radius 3 is 2.73 bits per heavy atom. The van der Waals surface area contributed by atoms with Crippen LogP contribution in [-0.4, -0.2) is 22.1 Å². The van der Waals surface area contributed by atoms with E-state index in [-0.39, 0.29) is 29.2 Å². The van der Waals surface area contributed by atoms with Gasteiger partial charge in [-0.1, -0.05) is 25.1 Å². The minimum atomic E-state index is -0.315. The fourth-order valence-corrected chi connectivity index (χ4v) is 4.70. The summed E-state index contributed by atoms with van der Waals surface area (Å²) >= 11 is 0. The molecule has 2 aromatic carbocycles. The quantitative estimate of drug-likeness (QED) is 0.578. The zero-order chi connectivity index (χ0) is 22.9. The van der Waals surface area contributed by atoms with Gasteiger partial charge in [-0.05, 0) is 91.8 Å². The van der Waals surface area contributed by atoms with Crippen molar-refractivity contribution in [2.24, 2.45) is 0 Å². The number of aromatic nitrogens is 2. The van der Waals surface area contributed by atoms with Crippen molar-refractivity contribution >= 4 is 5.91 Å². The lowest BCUT2D eigenvalue weighted by Crippen LogP contribution is -2.25. The number of H-pyrrole nitrogens is 1. The van der Waals surface area contributed by atoms with Crippen molar-refractivity contribution in [1.82, 2.24) is 15.5 Å². The molecule has 2 N–H and O–H groups in total. The van der Waals surface area contributed by atoms with Crippen molar-refractivity contribution in [2.45, 2.75) is 63.8 Å². The van der Waals surface area contributed by atoms with Crippen LogP contribution in [0.1, 0.15) is 71.3 Å². The largest absolute Gasteiger partial charge is 0.349 e. The van der Waals surface area contributed by atoms with Crippen LogP contribution in [0.15, 0.2) is 47.3 Å². The van der Waals surface area contributed by atoms with Gasteiger partial charge >= 0.3 is 0 Å². The van der Waals surface area contributed by atoms with Gasteiger partial charge < -0.3 is 5.32 Å². The average Bonchev–Trinajstić information content (AvgIpc) is 3.65. The minimum Gasteiger partial charge on any atom is -0.349 e. The highest BCUT2D eigenvalue weighted by molar-refractivity contribution is 5.95. The number of carbonyl (C=O) groups is 1. The van der Waals surface area contributed by atoms with Crippen LogP contribution in [0.25, 0.3) is 11.1 Å². The summed E-state index contributed by atoms with van der Waals surface area (Å²) in [5.41, 5.74) is 5.53. The van der Waals surface area contributed by atoms with E-state index in [2.05, 4.69) is 22.4 Å². The second-order valence-electron chi connectivity index (χ2n) is 9.34. The van der Waals surface area contributed by atoms with Crippen LogP contribution in [0, 0.1) is 5.82 Å². The normalized spacial score (nSPS) is 16.2. The van der Waals surface area contributed by atoms with Gasteiger partial charge in [0.2, 0.25) is 0 Å². The lowest BCUT2D eigenvalue weighted by Gasteiger charge is -2.20. The van der Waals surface area contributed by atoms with Crippen LogP contribution in [0.2, 0.25) is 0 Å². The van der Waals surface area contributed by atoms with E-state index < -0.39 is 0 Å². The highest BCUT2D eigenvalue weighted by Crippen LogP contribution is 2.31. The summed E-state index contributed by atoms with van der Waals surface area (Å²) < 4.78 is 14.8. The number of hydrogen-bond acceptors (Lipinski definition) is 3. The standard InChI is InChI=1S/C27H28FN3O2/c1-16(13-25-21-7-2-3-8-22(21)27(33)31-30-25)17-9-12-24(28)23(15-17)18-5-4-6-19(14-18)26(32)29-20-10-11-20/h4-6,9,12,14-16,20H,2-3,7-8,10-11,13H2,1H3,(H,29,32)(H,31,33). The molecule has 2 aliphatic carbocycles. The molecular weight excluding hydrogens is 417 g/mol. The highest BCUT2D eigenvalue weighted by Gasteiger charge is 2.24. The molecule has 0 bridgehead atoms. The number of amides is 1. The fourth-order valence-electron chi connectivity index (χ4n) is 4.70. The first kappa shape index (κ1) is 21.6. The van der Waals surface area contributed by atoms with Crippen molar-refractivity contribution < 1.29 is 9.18 Å². The molecule has 5 nitrogen and oxygen atoms in total. The monoisotopic (exact) mass is 445 g/mol. The van der Waals surface area contributed by atoms with E-state index in [1.165, 1.54) is 6.07 Å². The van der Waals surface area contributed by atoms with Crippen molar-refractivity contribution in [1.29, 1.82) is 0 Å². The van der Waals surface area contributed by atoms with E-state index in [4.69, 9.17) is 0 Å². The summed E-state index contributed by atoms with van der Waals surface area (Å²) in [6, 6.07) is 12.6. The number of fused-ring (bicyclic) bond motifs is 1. The molecular formula is C27H28FN3O2. The van der Waals surface area contributed by atoms with Crippen molar-refractivity contribution in [3.8, 4) is 11.1 Å². The van der Waals surface area contributed by atoms with Crippen molar-refractivity contribution in [3.05, 3.63) is 86.6 Å². The Bertz CT molecular complexity index is 1260. The number of nitrogens with one attached hydrogen (secondary N) is 2. The molecule has 2 aliphatic rings. The van der Waals surface area contributed by atoms with E-state index in [1.54, 1.807) is 18.2 Å². The molecule has 1 atom stereocenters.